The molecule has 0 bridgehead atoms. The summed E-state index contributed by atoms with van der Waals surface area (Å²) in [4.78, 5) is 24.3. The predicted molar refractivity (Wildman–Crippen MR) is 109 cm³/mol. The number of thiophene rings is 1. The van der Waals surface area contributed by atoms with Crippen LogP contribution in [-0.2, 0) is 16.0 Å². The average molecular weight is 390 g/mol. The maximum atomic E-state index is 12.2. The van der Waals surface area contributed by atoms with Crippen molar-refractivity contribution in [2.75, 3.05) is 19.6 Å². The van der Waals surface area contributed by atoms with E-state index in [9.17, 15) is 9.59 Å². The van der Waals surface area contributed by atoms with E-state index in [2.05, 4.69) is 34.2 Å². The van der Waals surface area contributed by atoms with Crippen LogP contribution in [0.3, 0.4) is 0 Å². The number of aryl methyl sites for hydroxylation is 1. The lowest BCUT2D eigenvalue weighted by molar-refractivity contribution is -0.137. The highest BCUT2D eigenvalue weighted by Gasteiger charge is 2.14. The third kappa shape index (κ3) is 7.90. The minimum Gasteiger partial charge on any atom is -0.481 e. The molecule has 7 heteroatoms. The van der Waals surface area contributed by atoms with Gasteiger partial charge in [-0.15, -0.1) is 11.3 Å². The van der Waals surface area contributed by atoms with Crippen LogP contribution in [0.25, 0.3) is 10.4 Å². The number of carbonyl (C=O) groups excluding carboxylic acids is 1. The molecule has 0 spiro atoms. The molecule has 27 heavy (non-hydrogen) atoms. The highest BCUT2D eigenvalue weighted by Crippen LogP contribution is 2.24. The molecule has 0 aliphatic carbocycles. The maximum absolute atomic E-state index is 12.2. The summed E-state index contributed by atoms with van der Waals surface area (Å²) in [5.41, 5.74) is 7.73. The molecular weight excluding hydrogens is 362 g/mol. The van der Waals surface area contributed by atoms with Gasteiger partial charge in [-0.25, -0.2) is 0 Å². The van der Waals surface area contributed by atoms with E-state index in [-0.39, 0.29) is 18.4 Å². The highest BCUT2D eigenvalue weighted by atomic mass is 32.1. The topological polar surface area (TPSA) is 104 Å². The van der Waals surface area contributed by atoms with Crippen LogP contribution < -0.4 is 16.4 Å². The summed E-state index contributed by atoms with van der Waals surface area (Å²) >= 11 is 1.70. The van der Waals surface area contributed by atoms with E-state index in [0.717, 1.165) is 5.56 Å². The lowest BCUT2D eigenvalue weighted by Crippen LogP contribution is -2.43. The second kappa shape index (κ2) is 11.5. The number of hydrogen-bond donors (Lipinski definition) is 4. The van der Waals surface area contributed by atoms with Crippen LogP contribution in [0.4, 0.5) is 0 Å². The molecule has 1 amide bonds. The van der Waals surface area contributed by atoms with Gasteiger partial charge in [0.05, 0.1) is 0 Å². The van der Waals surface area contributed by atoms with Gasteiger partial charge in [-0.3, -0.25) is 9.59 Å². The smallest absolute Gasteiger partial charge is 0.303 e. The van der Waals surface area contributed by atoms with Crippen LogP contribution in [0, 0.1) is 0 Å². The monoisotopic (exact) mass is 389 g/mol. The number of carbonyl (C=O) groups is 2. The molecule has 5 N–H and O–H groups in total. The SMILES string of the molecule is NCCNCC(CCC(=O)O)NC(=O)CCc1ccc(-c2cccs2)cc1. The zero-order chi connectivity index (χ0) is 19.5. The number of benzene rings is 1. The van der Waals surface area contributed by atoms with Crippen LogP contribution >= 0.6 is 11.3 Å². The first-order chi connectivity index (χ1) is 13.1. The van der Waals surface area contributed by atoms with Crippen molar-refractivity contribution in [2.45, 2.75) is 31.7 Å². The fourth-order valence-electron chi connectivity index (χ4n) is 2.74. The van der Waals surface area contributed by atoms with E-state index >= 15 is 0 Å². The van der Waals surface area contributed by atoms with E-state index in [4.69, 9.17) is 10.8 Å². The first-order valence-corrected chi connectivity index (χ1v) is 10.0. The second-order valence-corrected chi connectivity index (χ2v) is 7.31. The fraction of sp³-hybridized carbons (Fsp3) is 0.400. The van der Waals surface area contributed by atoms with Crippen molar-refractivity contribution in [1.29, 1.82) is 0 Å². The van der Waals surface area contributed by atoms with Crippen LogP contribution in [0.15, 0.2) is 41.8 Å². The Kier molecular flexibility index (Phi) is 8.97. The molecule has 6 nitrogen and oxygen atoms in total. The molecule has 0 saturated heterocycles. The Bertz CT molecular complexity index is 702. The van der Waals surface area contributed by atoms with Crippen LogP contribution in [-0.4, -0.2) is 42.7 Å². The van der Waals surface area contributed by atoms with Crippen molar-refractivity contribution < 1.29 is 14.7 Å². The molecule has 146 valence electrons. The third-order valence-corrected chi connectivity index (χ3v) is 5.10. The van der Waals surface area contributed by atoms with Gasteiger partial charge in [0.2, 0.25) is 5.91 Å². The molecule has 0 fully saturated rings. The van der Waals surface area contributed by atoms with Crippen LogP contribution in [0.5, 0.6) is 0 Å². The number of carboxylic acids is 1. The first-order valence-electron chi connectivity index (χ1n) is 9.13. The van der Waals surface area contributed by atoms with Gasteiger partial charge < -0.3 is 21.5 Å². The van der Waals surface area contributed by atoms with Gasteiger partial charge in [0.15, 0.2) is 0 Å². The first kappa shape index (κ1) is 21.1. The maximum Gasteiger partial charge on any atom is 0.303 e. The number of rotatable bonds is 12. The van der Waals surface area contributed by atoms with Gasteiger partial charge >= 0.3 is 5.97 Å². The summed E-state index contributed by atoms with van der Waals surface area (Å²) in [5.74, 6) is -0.929. The van der Waals surface area contributed by atoms with Crippen molar-refractivity contribution >= 4 is 23.2 Å². The standard InChI is InChI=1S/C20H27N3O3S/c21-11-12-22-14-17(8-10-20(25)26)23-19(24)9-5-15-3-6-16(7-4-15)18-2-1-13-27-18/h1-4,6-7,13,17,22H,5,8-12,14,21H2,(H,23,24)(H,25,26). The predicted octanol–water partition coefficient (Wildman–Crippen LogP) is 2.25. The van der Waals surface area contributed by atoms with E-state index in [1.165, 1.54) is 10.4 Å². The Morgan fingerprint density at radius 1 is 1.15 bits per heavy atom. The summed E-state index contributed by atoms with van der Waals surface area (Å²) in [5, 5.41) is 17.0. The lowest BCUT2D eigenvalue weighted by Gasteiger charge is -2.18. The Morgan fingerprint density at radius 2 is 1.93 bits per heavy atom. The van der Waals surface area contributed by atoms with Crippen molar-refractivity contribution in [3.8, 4) is 10.4 Å². The van der Waals surface area contributed by atoms with Gasteiger partial charge in [0, 0.05) is 43.4 Å². The van der Waals surface area contributed by atoms with E-state index in [0.29, 0.717) is 38.9 Å². The summed E-state index contributed by atoms with van der Waals surface area (Å²) in [7, 11) is 0. The van der Waals surface area contributed by atoms with Crippen LogP contribution in [0.1, 0.15) is 24.8 Å². The minimum atomic E-state index is -0.862. The largest absolute Gasteiger partial charge is 0.481 e. The van der Waals surface area contributed by atoms with Gasteiger partial charge in [-0.2, -0.15) is 0 Å². The van der Waals surface area contributed by atoms with Crippen molar-refractivity contribution in [2.24, 2.45) is 5.73 Å². The average Bonchev–Trinajstić information content (AvgIpc) is 3.19. The van der Waals surface area contributed by atoms with Crippen molar-refractivity contribution in [3.05, 3.63) is 47.3 Å². The Labute approximate surface area is 163 Å². The van der Waals surface area contributed by atoms with E-state index in [1.54, 1.807) is 11.3 Å². The molecular formula is C20H27N3O3S. The molecule has 0 aliphatic heterocycles. The molecule has 0 saturated carbocycles. The number of hydrogen-bond acceptors (Lipinski definition) is 5. The molecule has 2 rings (SSSR count). The number of nitrogens with one attached hydrogen (secondary N) is 2. The van der Waals surface area contributed by atoms with Crippen molar-refractivity contribution in [3.63, 3.8) is 0 Å². The molecule has 0 radical (unpaired) electrons. The Balaban J connectivity index is 1.80. The summed E-state index contributed by atoms with van der Waals surface area (Å²) in [6.07, 6.45) is 1.45. The Hall–Kier alpha value is -2.22. The third-order valence-electron chi connectivity index (χ3n) is 4.18. The lowest BCUT2D eigenvalue weighted by atomic mass is 10.1. The molecule has 2 aromatic rings. The molecule has 1 aromatic carbocycles. The fourth-order valence-corrected chi connectivity index (χ4v) is 3.47. The molecule has 1 heterocycles. The quantitative estimate of drug-likeness (QED) is 0.417. The van der Waals surface area contributed by atoms with Crippen molar-refractivity contribution in [1.82, 2.24) is 10.6 Å². The molecule has 1 aromatic heterocycles. The van der Waals surface area contributed by atoms with Gasteiger partial charge in [-0.1, -0.05) is 30.3 Å². The number of aliphatic carboxylic acids is 1. The summed E-state index contributed by atoms with van der Waals surface area (Å²) in [6, 6.07) is 12.2. The Morgan fingerprint density at radius 3 is 2.56 bits per heavy atom. The minimum absolute atomic E-state index is 0.0272. The molecule has 1 atom stereocenters. The van der Waals surface area contributed by atoms with E-state index < -0.39 is 5.97 Å². The molecule has 1 unspecified atom stereocenters. The van der Waals surface area contributed by atoms with E-state index in [1.807, 2.05) is 18.2 Å². The zero-order valence-electron chi connectivity index (χ0n) is 15.3. The van der Waals surface area contributed by atoms with Crippen LogP contribution in [0.2, 0.25) is 0 Å². The molecule has 0 aliphatic rings. The highest BCUT2D eigenvalue weighted by molar-refractivity contribution is 7.13. The number of nitrogens with two attached hydrogens (primary N) is 1. The van der Waals surface area contributed by atoms with Gasteiger partial charge in [0.1, 0.15) is 0 Å². The van der Waals surface area contributed by atoms with Gasteiger partial charge in [-0.05, 0) is 35.4 Å². The summed E-state index contributed by atoms with van der Waals surface area (Å²) in [6.45, 7) is 1.66. The number of amides is 1. The zero-order valence-corrected chi connectivity index (χ0v) is 16.1. The van der Waals surface area contributed by atoms with Gasteiger partial charge in [0.25, 0.3) is 0 Å². The summed E-state index contributed by atoms with van der Waals surface area (Å²) < 4.78 is 0. The second-order valence-electron chi connectivity index (χ2n) is 6.36. The normalized spacial score (nSPS) is 11.9. The number of carboxylic acid groups (broad SMARTS) is 1.